The first-order valence-corrected chi connectivity index (χ1v) is 9.29. The molecular formula is C20H23N5O2. The van der Waals surface area contributed by atoms with Gasteiger partial charge < -0.3 is 4.90 Å². The van der Waals surface area contributed by atoms with E-state index in [0.29, 0.717) is 18.2 Å². The van der Waals surface area contributed by atoms with Crippen molar-refractivity contribution in [3.05, 3.63) is 47.8 Å². The van der Waals surface area contributed by atoms with Gasteiger partial charge in [0.25, 0.3) is 5.78 Å². The first kappa shape index (κ1) is 17.6. The number of piperazine rings is 1. The van der Waals surface area contributed by atoms with Gasteiger partial charge in [0.2, 0.25) is 5.95 Å². The van der Waals surface area contributed by atoms with E-state index in [2.05, 4.69) is 33.6 Å². The number of amides is 1. The quantitative estimate of drug-likeness (QED) is 0.771. The Balaban J connectivity index is 1.45. The molecule has 4 rings (SSSR count). The van der Waals surface area contributed by atoms with E-state index in [-0.39, 0.29) is 0 Å². The SMILES string of the molecule is CC(C)c1ccc2c(c1)C(=O)C(=O)N2CN1CCN(c2ncccn2)CC1. The van der Waals surface area contributed by atoms with Crippen LogP contribution in [0, 0.1) is 0 Å². The Kier molecular flexibility index (Phi) is 4.61. The van der Waals surface area contributed by atoms with Crippen molar-refractivity contribution in [2.45, 2.75) is 19.8 Å². The number of rotatable bonds is 4. The zero-order chi connectivity index (χ0) is 19.0. The second kappa shape index (κ2) is 7.08. The van der Waals surface area contributed by atoms with Crippen LogP contribution in [0.3, 0.4) is 0 Å². The highest BCUT2D eigenvalue weighted by Crippen LogP contribution is 2.32. The number of hydrogen-bond acceptors (Lipinski definition) is 6. The molecule has 1 aromatic heterocycles. The zero-order valence-electron chi connectivity index (χ0n) is 15.6. The zero-order valence-corrected chi connectivity index (χ0v) is 15.6. The summed E-state index contributed by atoms with van der Waals surface area (Å²) in [5.74, 6) is 0.222. The van der Waals surface area contributed by atoms with Gasteiger partial charge >= 0.3 is 5.91 Å². The van der Waals surface area contributed by atoms with E-state index in [1.807, 2.05) is 18.2 Å². The maximum atomic E-state index is 12.5. The molecule has 1 amide bonds. The van der Waals surface area contributed by atoms with Gasteiger partial charge in [-0.25, -0.2) is 9.97 Å². The molecule has 0 aliphatic carbocycles. The van der Waals surface area contributed by atoms with Crippen LogP contribution in [0.4, 0.5) is 11.6 Å². The number of anilines is 2. The maximum absolute atomic E-state index is 12.5. The number of Topliss-reactive ketones (excluding diaryl/α,β-unsaturated/α-hetero) is 1. The number of carbonyl (C=O) groups excluding carboxylic acids is 2. The van der Waals surface area contributed by atoms with Crippen molar-refractivity contribution in [1.82, 2.24) is 14.9 Å². The minimum Gasteiger partial charge on any atom is -0.338 e. The van der Waals surface area contributed by atoms with Crippen LogP contribution in [-0.2, 0) is 4.79 Å². The van der Waals surface area contributed by atoms with Gasteiger partial charge in [0, 0.05) is 38.6 Å². The molecule has 7 heteroatoms. The molecule has 7 nitrogen and oxygen atoms in total. The van der Waals surface area contributed by atoms with Crippen LogP contribution in [0.5, 0.6) is 0 Å². The smallest absolute Gasteiger partial charge is 0.300 e. The van der Waals surface area contributed by atoms with Gasteiger partial charge in [-0.3, -0.25) is 19.4 Å². The van der Waals surface area contributed by atoms with Crippen LogP contribution < -0.4 is 9.80 Å². The van der Waals surface area contributed by atoms with E-state index < -0.39 is 11.7 Å². The summed E-state index contributed by atoms with van der Waals surface area (Å²) >= 11 is 0. The maximum Gasteiger partial charge on any atom is 0.300 e. The van der Waals surface area contributed by atoms with Gasteiger partial charge in [0.05, 0.1) is 17.9 Å². The number of nitrogens with zero attached hydrogens (tertiary/aromatic N) is 5. The molecule has 140 valence electrons. The van der Waals surface area contributed by atoms with Gasteiger partial charge in [-0.1, -0.05) is 19.9 Å². The molecule has 2 aliphatic heterocycles. The van der Waals surface area contributed by atoms with Gasteiger partial charge in [-0.05, 0) is 29.7 Å². The minimum absolute atomic E-state index is 0.320. The predicted molar refractivity (Wildman–Crippen MR) is 103 cm³/mol. The second-order valence-electron chi connectivity index (χ2n) is 7.29. The topological polar surface area (TPSA) is 69.6 Å². The number of carbonyl (C=O) groups is 2. The second-order valence-corrected chi connectivity index (χ2v) is 7.29. The van der Waals surface area contributed by atoms with Crippen molar-refractivity contribution in [3.8, 4) is 0 Å². The first-order chi connectivity index (χ1) is 13.0. The third-order valence-corrected chi connectivity index (χ3v) is 5.21. The molecule has 27 heavy (non-hydrogen) atoms. The Morgan fingerprint density at radius 1 is 1.04 bits per heavy atom. The lowest BCUT2D eigenvalue weighted by Gasteiger charge is -2.36. The predicted octanol–water partition coefficient (Wildman–Crippen LogP) is 1.91. The van der Waals surface area contributed by atoms with Crippen LogP contribution in [-0.4, -0.2) is 59.4 Å². The van der Waals surface area contributed by atoms with Crippen molar-refractivity contribution in [3.63, 3.8) is 0 Å². The van der Waals surface area contributed by atoms with Gasteiger partial charge in [-0.2, -0.15) is 0 Å². The van der Waals surface area contributed by atoms with Crippen LogP contribution in [0.25, 0.3) is 0 Å². The monoisotopic (exact) mass is 365 g/mol. The molecule has 1 aromatic carbocycles. The van der Waals surface area contributed by atoms with Crippen LogP contribution in [0.2, 0.25) is 0 Å². The summed E-state index contributed by atoms with van der Waals surface area (Å²) in [4.78, 5) is 39.5. The third-order valence-electron chi connectivity index (χ3n) is 5.21. The highest BCUT2D eigenvalue weighted by molar-refractivity contribution is 6.52. The minimum atomic E-state index is -0.431. The summed E-state index contributed by atoms with van der Waals surface area (Å²) in [6.07, 6.45) is 3.48. The van der Waals surface area contributed by atoms with E-state index in [4.69, 9.17) is 0 Å². The summed E-state index contributed by atoms with van der Waals surface area (Å²) in [5, 5.41) is 0. The van der Waals surface area contributed by atoms with Gasteiger partial charge in [0.15, 0.2) is 0 Å². The lowest BCUT2D eigenvalue weighted by molar-refractivity contribution is -0.114. The fourth-order valence-corrected chi connectivity index (χ4v) is 3.56. The molecule has 0 spiro atoms. The number of aromatic nitrogens is 2. The fourth-order valence-electron chi connectivity index (χ4n) is 3.56. The van der Waals surface area contributed by atoms with Crippen molar-refractivity contribution >= 4 is 23.3 Å². The molecule has 0 N–H and O–H groups in total. The largest absolute Gasteiger partial charge is 0.338 e. The van der Waals surface area contributed by atoms with Crippen LogP contribution in [0.15, 0.2) is 36.7 Å². The van der Waals surface area contributed by atoms with E-state index >= 15 is 0 Å². The Bertz CT molecular complexity index is 860. The van der Waals surface area contributed by atoms with Crippen molar-refractivity contribution in [2.75, 3.05) is 42.6 Å². The standard InChI is InChI=1S/C20H23N5O2/c1-14(2)15-4-5-17-16(12-15)18(26)19(27)25(17)13-23-8-10-24(11-9-23)20-21-6-3-7-22-20/h3-7,12,14H,8-11,13H2,1-2H3. The summed E-state index contributed by atoms with van der Waals surface area (Å²) in [6.45, 7) is 7.75. The summed E-state index contributed by atoms with van der Waals surface area (Å²) in [5.41, 5.74) is 2.33. The molecular weight excluding hydrogens is 342 g/mol. The van der Waals surface area contributed by atoms with E-state index in [1.165, 1.54) is 0 Å². The van der Waals surface area contributed by atoms with Crippen molar-refractivity contribution in [2.24, 2.45) is 0 Å². The average molecular weight is 365 g/mol. The van der Waals surface area contributed by atoms with E-state index in [1.54, 1.807) is 23.4 Å². The molecule has 1 fully saturated rings. The molecule has 1 saturated heterocycles. The fraction of sp³-hybridized carbons (Fsp3) is 0.400. The Labute approximate surface area is 158 Å². The summed E-state index contributed by atoms with van der Waals surface area (Å²) < 4.78 is 0. The average Bonchev–Trinajstić information content (AvgIpc) is 2.93. The molecule has 0 atom stereocenters. The van der Waals surface area contributed by atoms with E-state index in [0.717, 1.165) is 43.4 Å². The molecule has 2 aliphatic rings. The summed E-state index contributed by atoms with van der Waals surface area (Å²) in [7, 11) is 0. The molecule has 0 radical (unpaired) electrons. The molecule has 0 bridgehead atoms. The van der Waals surface area contributed by atoms with Crippen LogP contribution in [0.1, 0.15) is 35.7 Å². The van der Waals surface area contributed by atoms with Crippen LogP contribution >= 0.6 is 0 Å². The van der Waals surface area contributed by atoms with E-state index in [9.17, 15) is 9.59 Å². The molecule has 0 unspecified atom stereocenters. The van der Waals surface area contributed by atoms with Crippen molar-refractivity contribution in [1.29, 1.82) is 0 Å². The Morgan fingerprint density at radius 3 is 2.41 bits per heavy atom. The molecule has 3 heterocycles. The third kappa shape index (κ3) is 3.30. The van der Waals surface area contributed by atoms with Gasteiger partial charge in [0.1, 0.15) is 0 Å². The lowest BCUT2D eigenvalue weighted by atomic mass is 9.99. The Hall–Kier alpha value is -2.80. The Morgan fingerprint density at radius 2 is 1.74 bits per heavy atom. The number of fused-ring (bicyclic) bond motifs is 1. The summed E-state index contributed by atoms with van der Waals surface area (Å²) in [6, 6.07) is 7.58. The highest BCUT2D eigenvalue weighted by Gasteiger charge is 2.37. The normalized spacial score (nSPS) is 17.7. The number of benzene rings is 1. The lowest BCUT2D eigenvalue weighted by Crippen LogP contribution is -2.51. The highest BCUT2D eigenvalue weighted by atomic mass is 16.2. The first-order valence-electron chi connectivity index (χ1n) is 9.29. The number of ketones is 1. The molecule has 2 aromatic rings. The molecule has 0 saturated carbocycles. The number of hydrogen-bond donors (Lipinski definition) is 0. The van der Waals surface area contributed by atoms with Gasteiger partial charge in [-0.15, -0.1) is 0 Å². The van der Waals surface area contributed by atoms with Crippen molar-refractivity contribution < 1.29 is 9.59 Å².